The van der Waals surface area contributed by atoms with Crippen LogP contribution in [-0.2, 0) is 4.79 Å². The first-order valence-corrected chi connectivity index (χ1v) is 6.89. The zero-order chi connectivity index (χ0) is 13.8. The summed E-state index contributed by atoms with van der Waals surface area (Å²) in [5, 5.41) is 2.89. The predicted octanol–water partition coefficient (Wildman–Crippen LogP) is 2.25. The van der Waals surface area contributed by atoms with Gasteiger partial charge in [0.15, 0.2) is 0 Å². The summed E-state index contributed by atoms with van der Waals surface area (Å²) in [6.07, 6.45) is 3.95. The molecule has 104 valence electrons. The molecule has 1 saturated carbocycles. The summed E-state index contributed by atoms with van der Waals surface area (Å²) in [5.74, 6) is 0.804. The lowest BCUT2D eigenvalue weighted by Crippen LogP contribution is -2.35. The average molecular weight is 261 g/mol. The Morgan fingerprint density at radius 3 is 2.79 bits per heavy atom. The number of hydrogen-bond acceptors (Lipinski definition) is 3. The number of rotatable bonds is 5. The van der Waals surface area contributed by atoms with E-state index in [-0.39, 0.29) is 5.91 Å². The highest BCUT2D eigenvalue weighted by atomic mass is 16.2. The number of amides is 1. The molecule has 0 heterocycles. The van der Waals surface area contributed by atoms with E-state index in [0.29, 0.717) is 12.2 Å². The Labute approximate surface area is 115 Å². The summed E-state index contributed by atoms with van der Waals surface area (Å²) < 4.78 is 0. The van der Waals surface area contributed by atoms with Gasteiger partial charge in [-0.1, -0.05) is 12.5 Å². The maximum Gasteiger partial charge on any atom is 0.238 e. The van der Waals surface area contributed by atoms with E-state index >= 15 is 0 Å². The second-order valence-electron chi connectivity index (χ2n) is 5.61. The Kier molecular flexibility index (Phi) is 4.43. The van der Waals surface area contributed by atoms with E-state index in [0.717, 1.165) is 23.7 Å². The highest BCUT2D eigenvalue weighted by Crippen LogP contribution is 2.26. The van der Waals surface area contributed by atoms with Crippen molar-refractivity contribution >= 4 is 17.3 Å². The van der Waals surface area contributed by atoms with Gasteiger partial charge in [-0.15, -0.1) is 0 Å². The lowest BCUT2D eigenvalue weighted by molar-refractivity contribution is -0.117. The molecular formula is C15H23N3O. The van der Waals surface area contributed by atoms with Crippen molar-refractivity contribution in [2.45, 2.75) is 26.2 Å². The second kappa shape index (κ2) is 6.06. The Balaban J connectivity index is 1.80. The topological polar surface area (TPSA) is 58.4 Å². The predicted molar refractivity (Wildman–Crippen MR) is 79.1 cm³/mol. The quantitative estimate of drug-likeness (QED) is 0.799. The van der Waals surface area contributed by atoms with E-state index in [9.17, 15) is 4.79 Å². The van der Waals surface area contributed by atoms with Gasteiger partial charge in [0.2, 0.25) is 5.91 Å². The molecule has 1 aliphatic rings. The number of nitrogens with zero attached hydrogens (tertiary/aromatic N) is 1. The van der Waals surface area contributed by atoms with Crippen molar-refractivity contribution in [3.63, 3.8) is 0 Å². The molecule has 0 atom stereocenters. The second-order valence-corrected chi connectivity index (χ2v) is 5.61. The molecule has 2 rings (SSSR count). The summed E-state index contributed by atoms with van der Waals surface area (Å²) in [7, 11) is 2.00. The van der Waals surface area contributed by atoms with Gasteiger partial charge in [-0.05, 0) is 50.4 Å². The van der Waals surface area contributed by atoms with Gasteiger partial charge >= 0.3 is 0 Å². The number of nitrogen functional groups attached to an aromatic ring is 1. The van der Waals surface area contributed by atoms with Crippen LogP contribution in [0.3, 0.4) is 0 Å². The smallest absolute Gasteiger partial charge is 0.238 e. The van der Waals surface area contributed by atoms with Crippen LogP contribution in [0.25, 0.3) is 0 Å². The maximum absolute atomic E-state index is 11.9. The van der Waals surface area contributed by atoms with E-state index in [1.165, 1.54) is 19.3 Å². The minimum Gasteiger partial charge on any atom is -0.398 e. The van der Waals surface area contributed by atoms with Crippen molar-refractivity contribution in [3.8, 4) is 0 Å². The molecular weight excluding hydrogens is 238 g/mol. The number of carbonyl (C=O) groups excluding carboxylic acids is 1. The molecule has 0 spiro atoms. The van der Waals surface area contributed by atoms with Gasteiger partial charge in [-0.3, -0.25) is 9.69 Å². The molecule has 1 aromatic carbocycles. The zero-order valence-electron chi connectivity index (χ0n) is 11.8. The third kappa shape index (κ3) is 3.96. The van der Waals surface area contributed by atoms with Crippen LogP contribution < -0.4 is 11.1 Å². The highest BCUT2D eigenvalue weighted by Gasteiger charge is 2.19. The van der Waals surface area contributed by atoms with Crippen molar-refractivity contribution in [2.75, 3.05) is 31.2 Å². The van der Waals surface area contributed by atoms with E-state index in [1.807, 2.05) is 26.1 Å². The van der Waals surface area contributed by atoms with Crippen molar-refractivity contribution in [1.82, 2.24) is 4.90 Å². The molecule has 0 aromatic heterocycles. The third-order valence-electron chi connectivity index (χ3n) is 3.77. The SMILES string of the molecule is Cc1ccc(NC(=O)CN(C)CC2CCC2)cc1N. The minimum absolute atomic E-state index is 0.0186. The van der Waals surface area contributed by atoms with Gasteiger partial charge in [-0.25, -0.2) is 0 Å². The number of benzene rings is 1. The molecule has 0 aliphatic heterocycles. The fraction of sp³-hybridized carbons (Fsp3) is 0.533. The van der Waals surface area contributed by atoms with Crippen LogP contribution in [-0.4, -0.2) is 30.9 Å². The van der Waals surface area contributed by atoms with Gasteiger partial charge in [0.05, 0.1) is 6.54 Å². The molecule has 1 amide bonds. The first-order valence-electron chi connectivity index (χ1n) is 6.89. The maximum atomic E-state index is 11.9. The molecule has 0 unspecified atom stereocenters. The summed E-state index contributed by atoms with van der Waals surface area (Å²) >= 11 is 0. The highest BCUT2D eigenvalue weighted by molar-refractivity contribution is 5.92. The van der Waals surface area contributed by atoms with Crippen molar-refractivity contribution in [1.29, 1.82) is 0 Å². The van der Waals surface area contributed by atoms with Crippen molar-refractivity contribution in [2.24, 2.45) is 5.92 Å². The Morgan fingerprint density at radius 2 is 2.21 bits per heavy atom. The van der Waals surface area contributed by atoms with Crippen LogP contribution in [0.5, 0.6) is 0 Å². The van der Waals surface area contributed by atoms with E-state index in [1.54, 1.807) is 6.07 Å². The lowest BCUT2D eigenvalue weighted by Gasteiger charge is -2.29. The summed E-state index contributed by atoms with van der Waals surface area (Å²) in [5.41, 5.74) is 8.33. The molecule has 1 aliphatic carbocycles. The molecule has 1 aromatic rings. The minimum atomic E-state index is 0.0186. The molecule has 4 nitrogen and oxygen atoms in total. The van der Waals surface area contributed by atoms with Crippen LogP contribution in [0.4, 0.5) is 11.4 Å². The summed E-state index contributed by atoms with van der Waals surface area (Å²) in [6, 6.07) is 5.61. The fourth-order valence-electron chi connectivity index (χ4n) is 2.34. The molecule has 19 heavy (non-hydrogen) atoms. The van der Waals surface area contributed by atoms with Gasteiger partial charge in [0.25, 0.3) is 0 Å². The average Bonchev–Trinajstić information content (AvgIpc) is 2.28. The molecule has 4 heteroatoms. The monoisotopic (exact) mass is 261 g/mol. The third-order valence-corrected chi connectivity index (χ3v) is 3.77. The van der Waals surface area contributed by atoms with Crippen LogP contribution in [0.15, 0.2) is 18.2 Å². The van der Waals surface area contributed by atoms with Crippen molar-refractivity contribution < 1.29 is 4.79 Å². The largest absolute Gasteiger partial charge is 0.398 e. The zero-order valence-corrected chi connectivity index (χ0v) is 11.8. The Hall–Kier alpha value is -1.55. The van der Waals surface area contributed by atoms with E-state index in [4.69, 9.17) is 5.73 Å². The van der Waals surface area contributed by atoms with Crippen LogP contribution in [0.1, 0.15) is 24.8 Å². The van der Waals surface area contributed by atoms with Gasteiger partial charge in [0, 0.05) is 17.9 Å². The first kappa shape index (κ1) is 13.9. The van der Waals surface area contributed by atoms with Crippen molar-refractivity contribution in [3.05, 3.63) is 23.8 Å². The van der Waals surface area contributed by atoms with Crippen LogP contribution >= 0.6 is 0 Å². The van der Waals surface area contributed by atoms with Gasteiger partial charge in [-0.2, -0.15) is 0 Å². The molecule has 0 bridgehead atoms. The van der Waals surface area contributed by atoms with Gasteiger partial charge in [0.1, 0.15) is 0 Å². The number of anilines is 2. The normalized spacial score (nSPS) is 15.3. The molecule has 1 fully saturated rings. The van der Waals surface area contributed by atoms with Gasteiger partial charge < -0.3 is 11.1 Å². The number of aryl methyl sites for hydroxylation is 1. The Bertz CT molecular complexity index is 455. The van der Waals surface area contributed by atoms with E-state index in [2.05, 4.69) is 10.2 Å². The van der Waals surface area contributed by atoms with Crippen LogP contribution in [0.2, 0.25) is 0 Å². The number of carbonyl (C=O) groups is 1. The standard InChI is InChI=1S/C15H23N3O/c1-11-6-7-13(8-14(11)16)17-15(19)10-18(2)9-12-4-3-5-12/h6-8,12H,3-5,9-10,16H2,1-2H3,(H,17,19). The lowest BCUT2D eigenvalue weighted by atomic mass is 9.85. The number of nitrogens with two attached hydrogens (primary N) is 1. The summed E-state index contributed by atoms with van der Waals surface area (Å²) in [4.78, 5) is 14.0. The molecule has 3 N–H and O–H groups in total. The Morgan fingerprint density at radius 1 is 1.47 bits per heavy atom. The summed E-state index contributed by atoms with van der Waals surface area (Å²) in [6.45, 7) is 3.40. The number of likely N-dealkylation sites (N-methyl/N-ethyl adjacent to an activating group) is 1. The first-order chi connectivity index (χ1) is 9.04. The number of nitrogens with one attached hydrogen (secondary N) is 1. The number of hydrogen-bond donors (Lipinski definition) is 2. The molecule has 0 radical (unpaired) electrons. The van der Waals surface area contributed by atoms with Crippen LogP contribution in [0, 0.1) is 12.8 Å². The molecule has 0 saturated heterocycles. The van der Waals surface area contributed by atoms with E-state index < -0.39 is 0 Å². The fourth-order valence-corrected chi connectivity index (χ4v) is 2.34.